The quantitative estimate of drug-likeness (QED) is 0.329. The van der Waals surface area contributed by atoms with Crippen LogP contribution in [0.2, 0.25) is 39.3 Å². The van der Waals surface area contributed by atoms with Gasteiger partial charge in [-0.25, -0.2) is 0 Å². The topological polar surface area (TPSA) is 18.5 Å². The molecule has 2 aromatic heterocycles. The Morgan fingerprint density at radius 3 is 1.20 bits per heavy atom. The third-order valence-corrected chi connectivity index (χ3v) is 9.41. The fourth-order valence-electron chi connectivity index (χ4n) is 4.84. The van der Waals surface area contributed by atoms with Crippen LogP contribution in [0.15, 0.2) is 12.1 Å². The molecular formula is C24H38O2S2Si2. The van der Waals surface area contributed by atoms with Crippen LogP contribution in [-0.2, 0) is 20.1 Å². The molecule has 166 valence electrons. The molecule has 0 fully saturated rings. The minimum absolute atomic E-state index is 0.339. The second-order valence-electron chi connectivity index (χ2n) is 11.4. The van der Waals surface area contributed by atoms with Gasteiger partial charge in [0.15, 0.2) is 16.6 Å². The molecule has 30 heavy (non-hydrogen) atoms. The Hall–Kier alpha value is -0.506. The average molecular weight is 479 g/mol. The minimum atomic E-state index is -1.73. The van der Waals surface area contributed by atoms with E-state index in [1.165, 1.54) is 41.1 Å². The second-order valence-corrected chi connectivity index (χ2v) is 22.8. The lowest BCUT2D eigenvalue weighted by molar-refractivity contribution is 0.101. The molecule has 0 aliphatic heterocycles. The van der Waals surface area contributed by atoms with Crippen molar-refractivity contribution in [3.63, 3.8) is 0 Å². The molecule has 0 atom stereocenters. The van der Waals surface area contributed by atoms with Gasteiger partial charge in [-0.2, -0.15) is 0 Å². The zero-order valence-electron chi connectivity index (χ0n) is 20.8. The predicted molar refractivity (Wildman–Crippen MR) is 142 cm³/mol. The van der Waals surface area contributed by atoms with Gasteiger partial charge >= 0.3 is 0 Å². The molecule has 0 amide bonds. The van der Waals surface area contributed by atoms with Crippen LogP contribution in [0.4, 0.5) is 0 Å². The first-order chi connectivity index (χ1) is 13.4. The highest BCUT2D eigenvalue weighted by Crippen LogP contribution is 2.50. The number of thiophene rings is 2. The van der Waals surface area contributed by atoms with Crippen LogP contribution in [0.3, 0.4) is 0 Å². The Labute approximate surface area is 192 Å². The van der Waals surface area contributed by atoms with Crippen molar-refractivity contribution in [3.8, 4) is 0 Å². The molecule has 6 heteroatoms. The van der Waals surface area contributed by atoms with Crippen LogP contribution in [0.1, 0.15) is 48.6 Å². The molecule has 2 heterocycles. The molecule has 0 aliphatic rings. The second kappa shape index (κ2) is 7.53. The average Bonchev–Trinajstić information content (AvgIpc) is 2.98. The molecule has 2 nitrogen and oxygen atoms in total. The van der Waals surface area contributed by atoms with E-state index >= 15 is 0 Å². The zero-order valence-corrected chi connectivity index (χ0v) is 24.4. The Balaban J connectivity index is 2.45. The highest BCUT2D eigenvalue weighted by atomic mass is 32.1. The van der Waals surface area contributed by atoms with Crippen LogP contribution in [0.5, 0.6) is 0 Å². The summed E-state index contributed by atoms with van der Waals surface area (Å²) in [5.41, 5.74) is 2.03. The predicted octanol–water partition coefficient (Wildman–Crippen LogP) is 8.91. The third-order valence-electron chi connectivity index (χ3n) is 5.03. The molecule has 3 rings (SSSR count). The lowest BCUT2D eigenvalue weighted by Gasteiger charge is -2.37. The van der Waals surface area contributed by atoms with Crippen LogP contribution >= 0.6 is 22.7 Å². The van der Waals surface area contributed by atoms with Crippen LogP contribution in [0, 0.1) is 13.8 Å². The summed E-state index contributed by atoms with van der Waals surface area (Å²) < 4.78 is 16.3. The van der Waals surface area contributed by atoms with Gasteiger partial charge in [-0.1, -0.05) is 0 Å². The summed E-state index contributed by atoms with van der Waals surface area (Å²) in [4.78, 5) is 2.68. The van der Waals surface area contributed by atoms with Crippen molar-refractivity contribution in [1.82, 2.24) is 0 Å². The van der Waals surface area contributed by atoms with E-state index in [4.69, 9.17) is 8.85 Å². The number of hydrogen-bond donors (Lipinski definition) is 0. The third kappa shape index (κ3) is 4.79. The van der Waals surface area contributed by atoms with Crippen LogP contribution in [-0.4, -0.2) is 16.6 Å². The normalized spacial score (nSPS) is 14.3. The molecule has 0 spiro atoms. The van der Waals surface area contributed by atoms with Gasteiger partial charge < -0.3 is 8.85 Å². The van der Waals surface area contributed by atoms with Gasteiger partial charge in [0.2, 0.25) is 0 Å². The van der Waals surface area contributed by atoms with E-state index in [9.17, 15) is 0 Å². The van der Waals surface area contributed by atoms with Crippen molar-refractivity contribution in [2.75, 3.05) is 0 Å². The standard InChI is InChI=1S/C24H38O2S2Si2/c1-15-13-17-19(23(3,4)25-29(7,8)9)22-18(14-16(2)28-22)20(21(17)27-15)24(5,6)26-30(10,11)12/h13-14H,1-12H3. The zero-order chi connectivity index (χ0) is 22.9. The van der Waals surface area contributed by atoms with Gasteiger partial charge in [-0.05, 0) is 93.0 Å². The number of rotatable bonds is 6. The molecule has 0 saturated heterocycles. The van der Waals surface area contributed by atoms with Gasteiger partial charge in [0.05, 0.1) is 11.2 Å². The van der Waals surface area contributed by atoms with Crippen molar-refractivity contribution in [2.45, 2.75) is 92.0 Å². The summed E-state index contributed by atoms with van der Waals surface area (Å²) in [6.07, 6.45) is 0. The molecule has 3 aromatic rings. The van der Waals surface area contributed by atoms with E-state index in [1.54, 1.807) is 0 Å². The Morgan fingerprint density at radius 1 is 0.633 bits per heavy atom. The number of benzene rings is 1. The summed E-state index contributed by atoms with van der Waals surface area (Å²) in [6, 6.07) is 4.74. The van der Waals surface area contributed by atoms with E-state index in [0.717, 1.165) is 0 Å². The molecule has 0 N–H and O–H groups in total. The molecule has 1 aromatic carbocycles. The fourth-order valence-corrected chi connectivity index (χ4v) is 10.6. The first-order valence-electron chi connectivity index (χ1n) is 10.8. The molecule has 0 saturated carbocycles. The number of fused-ring (bicyclic) bond motifs is 2. The van der Waals surface area contributed by atoms with Crippen molar-refractivity contribution in [3.05, 3.63) is 33.0 Å². The Morgan fingerprint density at radius 2 is 0.933 bits per heavy atom. The maximum Gasteiger partial charge on any atom is 0.184 e. The highest BCUT2D eigenvalue weighted by molar-refractivity contribution is 7.21. The van der Waals surface area contributed by atoms with E-state index in [-0.39, 0.29) is 11.2 Å². The van der Waals surface area contributed by atoms with Gasteiger partial charge in [0.1, 0.15) is 0 Å². The molecule has 0 radical (unpaired) electrons. The lowest BCUT2D eigenvalue weighted by atomic mass is 9.87. The Kier molecular flexibility index (Phi) is 6.06. The van der Waals surface area contributed by atoms with E-state index in [0.29, 0.717) is 0 Å². The molecule has 0 unspecified atom stereocenters. The highest BCUT2D eigenvalue weighted by Gasteiger charge is 2.38. The maximum absolute atomic E-state index is 6.78. The molecule has 0 bridgehead atoms. The molecular weight excluding hydrogens is 441 g/mol. The first kappa shape index (κ1) is 24.1. The number of hydrogen-bond acceptors (Lipinski definition) is 4. The number of aryl methyl sites for hydroxylation is 2. The van der Waals surface area contributed by atoms with Crippen molar-refractivity contribution in [2.24, 2.45) is 0 Å². The fraction of sp³-hybridized carbons (Fsp3) is 0.583. The summed E-state index contributed by atoms with van der Waals surface area (Å²) in [5.74, 6) is 0. The summed E-state index contributed by atoms with van der Waals surface area (Å²) in [5, 5.41) is 2.69. The summed E-state index contributed by atoms with van der Waals surface area (Å²) in [7, 11) is -3.46. The van der Waals surface area contributed by atoms with E-state index in [1.807, 2.05) is 22.7 Å². The van der Waals surface area contributed by atoms with Gasteiger partial charge in [0.25, 0.3) is 0 Å². The Bertz CT molecular complexity index is 952. The first-order valence-corrected chi connectivity index (χ1v) is 19.2. The molecule has 0 aliphatic carbocycles. The van der Waals surface area contributed by atoms with E-state index in [2.05, 4.69) is 93.0 Å². The van der Waals surface area contributed by atoms with Crippen molar-refractivity contribution in [1.29, 1.82) is 0 Å². The SMILES string of the molecule is Cc1cc2c(C(C)(C)O[Si](C)(C)C)c3sc(C)cc3c(C(C)(C)O[Si](C)(C)C)c2s1. The van der Waals surface area contributed by atoms with Crippen LogP contribution < -0.4 is 0 Å². The minimum Gasteiger partial charge on any atom is -0.409 e. The van der Waals surface area contributed by atoms with Crippen molar-refractivity contribution < 1.29 is 8.85 Å². The van der Waals surface area contributed by atoms with Gasteiger partial charge in [-0.15, -0.1) is 22.7 Å². The van der Waals surface area contributed by atoms with Crippen molar-refractivity contribution >= 4 is 59.5 Å². The summed E-state index contributed by atoms with van der Waals surface area (Å²) in [6.45, 7) is 27.1. The van der Waals surface area contributed by atoms with Gasteiger partial charge in [0, 0.05) is 41.1 Å². The smallest absolute Gasteiger partial charge is 0.184 e. The van der Waals surface area contributed by atoms with Gasteiger partial charge in [-0.3, -0.25) is 0 Å². The monoisotopic (exact) mass is 478 g/mol. The maximum atomic E-state index is 6.78. The van der Waals surface area contributed by atoms with E-state index < -0.39 is 16.6 Å². The largest absolute Gasteiger partial charge is 0.409 e. The summed E-state index contributed by atoms with van der Waals surface area (Å²) >= 11 is 3.80. The lowest BCUT2D eigenvalue weighted by Crippen LogP contribution is -2.38. The van der Waals surface area contributed by atoms with Crippen LogP contribution in [0.25, 0.3) is 20.2 Å².